The lowest BCUT2D eigenvalue weighted by Gasteiger charge is -2.24. The molecule has 0 aromatic carbocycles. The Morgan fingerprint density at radius 3 is 2.23 bits per heavy atom. The molecule has 4 heterocycles. The molecular weight excluding hydrogens is 274 g/mol. The van der Waals surface area contributed by atoms with Gasteiger partial charge in [0.1, 0.15) is 12.1 Å². The number of fused-ring (bicyclic) bond motifs is 1. The van der Waals surface area contributed by atoms with Crippen LogP contribution in [0.15, 0.2) is 30.7 Å². The highest BCUT2D eigenvalue weighted by atomic mass is 15.3. The normalized spacial score (nSPS) is 23.9. The molecule has 2 atom stereocenters. The highest BCUT2D eigenvalue weighted by Gasteiger charge is 2.40. The highest BCUT2D eigenvalue weighted by molar-refractivity contribution is 5.49. The predicted octanol–water partition coefficient (Wildman–Crippen LogP) is 2.06. The molecule has 2 aromatic heterocycles. The molecule has 2 fully saturated rings. The number of hydrogen-bond donors (Lipinski definition) is 0. The van der Waals surface area contributed by atoms with Crippen molar-refractivity contribution in [1.82, 2.24) is 15.0 Å². The average molecular weight is 295 g/mol. The number of hydrogen-bond acceptors (Lipinski definition) is 5. The maximum absolute atomic E-state index is 4.43. The van der Waals surface area contributed by atoms with Crippen molar-refractivity contribution in [2.45, 2.75) is 13.8 Å². The minimum atomic E-state index is 0.726. The van der Waals surface area contributed by atoms with Crippen molar-refractivity contribution in [2.75, 3.05) is 36.0 Å². The van der Waals surface area contributed by atoms with Crippen molar-refractivity contribution in [3.05, 3.63) is 42.1 Å². The number of nitrogens with zero attached hydrogens (tertiary/aromatic N) is 5. The van der Waals surface area contributed by atoms with Crippen LogP contribution in [0.3, 0.4) is 0 Å². The van der Waals surface area contributed by atoms with Gasteiger partial charge < -0.3 is 9.80 Å². The summed E-state index contributed by atoms with van der Waals surface area (Å²) in [7, 11) is 0. The molecule has 2 aromatic rings. The summed E-state index contributed by atoms with van der Waals surface area (Å²) in [5.74, 6) is 2.53. The van der Waals surface area contributed by atoms with Crippen LogP contribution in [0.1, 0.15) is 11.4 Å². The molecule has 0 saturated carbocycles. The molecule has 2 aliphatic rings. The van der Waals surface area contributed by atoms with Gasteiger partial charge in [-0.2, -0.15) is 0 Å². The molecule has 5 heteroatoms. The Balaban J connectivity index is 1.46. The van der Waals surface area contributed by atoms with E-state index in [4.69, 9.17) is 0 Å². The van der Waals surface area contributed by atoms with E-state index >= 15 is 0 Å². The number of aryl methyl sites for hydroxylation is 2. The SMILES string of the molecule is Cc1cc(N2CC3CN(c4cc(C)ncn4)CC3C2)ccn1. The predicted molar refractivity (Wildman–Crippen MR) is 87.1 cm³/mol. The van der Waals surface area contributed by atoms with E-state index in [1.807, 2.05) is 13.1 Å². The van der Waals surface area contributed by atoms with Gasteiger partial charge in [0.2, 0.25) is 0 Å². The van der Waals surface area contributed by atoms with Crippen molar-refractivity contribution in [2.24, 2.45) is 11.8 Å². The van der Waals surface area contributed by atoms with Crippen LogP contribution >= 0.6 is 0 Å². The maximum Gasteiger partial charge on any atom is 0.132 e. The molecule has 2 aliphatic heterocycles. The summed E-state index contributed by atoms with van der Waals surface area (Å²) in [6.45, 7) is 8.54. The van der Waals surface area contributed by atoms with Crippen LogP contribution in [0.2, 0.25) is 0 Å². The summed E-state index contributed by atoms with van der Waals surface area (Å²) < 4.78 is 0. The first-order valence-electron chi connectivity index (χ1n) is 7.90. The van der Waals surface area contributed by atoms with Gasteiger partial charge in [0.15, 0.2) is 0 Å². The van der Waals surface area contributed by atoms with Gasteiger partial charge >= 0.3 is 0 Å². The van der Waals surface area contributed by atoms with Gasteiger partial charge in [-0.3, -0.25) is 4.98 Å². The Morgan fingerprint density at radius 1 is 0.864 bits per heavy atom. The van der Waals surface area contributed by atoms with E-state index in [1.54, 1.807) is 6.33 Å². The van der Waals surface area contributed by atoms with E-state index in [0.717, 1.165) is 55.2 Å². The second-order valence-electron chi connectivity index (χ2n) is 6.50. The molecule has 0 bridgehead atoms. The standard InChI is InChI=1S/C17H21N5/c1-12-5-16(3-4-18-12)21-7-14-9-22(10-15(14)8-21)17-6-13(2)19-11-20-17/h3-6,11,14-15H,7-10H2,1-2H3. The maximum atomic E-state index is 4.43. The monoisotopic (exact) mass is 295 g/mol. The van der Waals surface area contributed by atoms with E-state index in [1.165, 1.54) is 5.69 Å². The van der Waals surface area contributed by atoms with Crippen LogP contribution in [0.4, 0.5) is 11.5 Å². The summed E-state index contributed by atoms with van der Waals surface area (Å²) >= 11 is 0. The molecule has 22 heavy (non-hydrogen) atoms. The van der Waals surface area contributed by atoms with Crippen LogP contribution in [-0.2, 0) is 0 Å². The fraction of sp³-hybridized carbons (Fsp3) is 0.471. The van der Waals surface area contributed by atoms with Crippen LogP contribution in [0.25, 0.3) is 0 Å². The van der Waals surface area contributed by atoms with Crippen molar-refractivity contribution < 1.29 is 0 Å². The lowest BCUT2D eigenvalue weighted by atomic mass is 10.0. The van der Waals surface area contributed by atoms with Crippen LogP contribution < -0.4 is 9.80 Å². The Hall–Kier alpha value is -2.17. The van der Waals surface area contributed by atoms with E-state index in [2.05, 4.69) is 49.9 Å². The third-order valence-electron chi connectivity index (χ3n) is 4.84. The number of anilines is 2. The minimum Gasteiger partial charge on any atom is -0.371 e. The van der Waals surface area contributed by atoms with Crippen LogP contribution in [-0.4, -0.2) is 41.1 Å². The molecule has 5 nitrogen and oxygen atoms in total. The van der Waals surface area contributed by atoms with Crippen LogP contribution in [0.5, 0.6) is 0 Å². The zero-order valence-electron chi connectivity index (χ0n) is 13.1. The summed E-state index contributed by atoms with van der Waals surface area (Å²) in [5.41, 5.74) is 3.44. The zero-order valence-corrected chi connectivity index (χ0v) is 13.1. The zero-order chi connectivity index (χ0) is 15.1. The van der Waals surface area contributed by atoms with E-state index in [9.17, 15) is 0 Å². The fourth-order valence-electron chi connectivity index (χ4n) is 3.73. The molecule has 0 N–H and O–H groups in total. The second kappa shape index (κ2) is 5.23. The van der Waals surface area contributed by atoms with Gasteiger partial charge in [0.05, 0.1) is 0 Å². The Kier molecular flexibility index (Phi) is 3.21. The molecule has 0 aliphatic carbocycles. The number of pyridine rings is 1. The van der Waals surface area contributed by atoms with Crippen molar-refractivity contribution in [3.63, 3.8) is 0 Å². The molecule has 2 unspecified atom stereocenters. The first-order chi connectivity index (χ1) is 10.7. The van der Waals surface area contributed by atoms with Gasteiger partial charge in [0.25, 0.3) is 0 Å². The van der Waals surface area contributed by atoms with Gasteiger partial charge in [-0.1, -0.05) is 0 Å². The highest BCUT2D eigenvalue weighted by Crippen LogP contribution is 2.35. The van der Waals surface area contributed by atoms with Gasteiger partial charge in [-0.15, -0.1) is 0 Å². The van der Waals surface area contributed by atoms with Gasteiger partial charge in [0, 0.05) is 67.4 Å². The van der Waals surface area contributed by atoms with Crippen LogP contribution in [0, 0.1) is 25.7 Å². The van der Waals surface area contributed by atoms with E-state index in [-0.39, 0.29) is 0 Å². The van der Waals surface area contributed by atoms with E-state index in [0.29, 0.717) is 0 Å². The summed E-state index contributed by atoms with van der Waals surface area (Å²) in [6, 6.07) is 6.40. The molecule has 2 saturated heterocycles. The molecule has 0 spiro atoms. The second-order valence-corrected chi connectivity index (χ2v) is 6.50. The summed E-state index contributed by atoms with van der Waals surface area (Å²) in [4.78, 5) is 17.8. The van der Waals surface area contributed by atoms with Crippen molar-refractivity contribution in [1.29, 1.82) is 0 Å². The fourth-order valence-corrected chi connectivity index (χ4v) is 3.73. The first kappa shape index (κ1) is 13.5. The minimum absolute atomic E-state index is 0.726. The quantitative estimate of drug-likeness (QED) is 0.848. The summed E-state index contributed by atoms with van der Waals surface area (Å²) in [6.07, 6.45) is 3.58. The largest absolute Gasteiger partial charge is 0.371 e. The van der Waals surface area contributed by atoms with Gasteiger partial charge in [-0.05, 0) is 26.0 Å². The third kappa shape index (κ3) is 2.40. The third-order valence-corrected chi connectivity index (χ3v) is 4.84. The Labute approximate surface area is 131 Å². The van der Waals surface area contributed by atoms with Gasteiger partial charge in [-0.25, -0.2) is 9.97 Å². The van der Waals surface area contributed by atoms with Crippen molar-refractivity contribution in [3.8, 4) is 0 Å². The molecule has 0 radical (unpaired) electrons. The molecule has 4 rings (SSSR count). The smallest absolute Gasteiger partial charge is 0.132 e. The Bertz CT molecular complexity index is 615. The van der Waals surface area contributed by atoms with E-state index < -0.39 is 0 Å². The summed E-state index contributed by atoms with van der Waals surface area (Å²) in [5, 5.41) is 0. The number of aromatic nitrogens is 3. The topological polar surface area (TPSA) is 45.2 Å². The average Bonchev–Trinajstić information content (AvgIpc) is 3.05. The molecular formula is C17H21N5. The van der Waals surface area contributed by atoms with Crippen molar-refractivity contribution >= 4 is 11.5 Å². The lowest BCUT2D eigenvalue weighted by molar-refractivity contribution is 0.533. The molecule has 114 valence electrons. The lowest BCUT2D eigenvalue weighted by Crippen LogP contribution is -2.29. The molecule has 0 amide bonds. The first-order valence-corrected chi connectivity index (χ1v) is 7.90. The Morgan fingerprint density at radius 2 is 1.55 bits per heavy atom. The number of rotatable bonds is 2.